The fourth-order valence-electron chi connectivity index (χ4n) is 3.84. The number of hydrogen-bond acceptors (Lipinski definition) is 6. The lowest BCUT2D eigenvalue weighted by Crippen LogP contribution is -2.45. The molecular weight excluding hydrogens is 414 g/mol. The van der Waals surface area contributed by atoms with Crippen LogP contribution in [0.3, 0.4) is 0 Å². The van der Waals surface area contributed by atoms with Gasteiger partial charge in [-0.05, 0) is 48.7 Å². The van der Waals surface area contributed by atoms with E-state index in [0.717, 1.165) is 37.1 Å². The molecule has 3 aromatic rings. The first-order valence-corrected chi connectivity index (χ1v) is 11.2. The fraction of sp³-hybridized carbons (Fsp3) is 0.269. The van der Waals surface area contributed by atoms with Crippen molar-refractivity contribution in [1.82, 2.24) is 15.6 Å². The van der Waals surface area contributed by atoms with Crippen LogP contribution in [0.1, 0.15) is 24.0 Å². The Balaban J connectivity index is 1.38. The zero-order valence-electron chi connectivity index (χ0n) is 18.7. The van der Waals surface area contributed by atoms with Gasteiger partial charge in [-0.25, -0.2) is 0 Å². The molecule has 170 valence electrons. The van der Waals surface area contributed by atoms with Crippen molar-refractivity contribution in [3.63, 3.8) is 0 Å². The average Bonchev–Trinajstić information content (AvgIpc) is 2.88. The Morgan fingerprint density at radius 3 is 2.42 bits per heavy atom. The van der Waals surface area contributed by atoms with Crippen LogP contribution in [0, 0.1) is 5.41 Å². The van der Waals surface area contributed by atoms with Gasteiger partial charge in [0.15, 0.2) is 0 Å². The first kappa shape index (κ1) is 22.5. The Kier molecular flexibility index (Phi) is 7.32. The summed E-state index contributed by atoms with van der Waals surface area (Å²) in [7, 11) is 1.72. The van der Waals surface area contributed by atoms with E-state index in [1.165, 1.54) is 5.56 Å². The van der Waals surface area contributed by atoms with Crippen molar-refractivity contribution >= 4 is 17.4 Å². The molecule has 0 saturated carbocycles. The van der Waals surface area contributed by atoms with Crippen LogP contribution in [-0.4, -0.2) is 42.8 Å². The topological polar surface area (TPSA) is 99.1 Å². The SMILES string of the molecule is CNc1nc(OCc2ccc(-c3ccccc3)cc2)ccc1C(=N)C(=O)NC1CCNCC1. The maximum atomic E-state index is 12.6. The average molecular weight is 444 g/mol. The van der Waals surface area contributed by atoms with Crippen LogP contribution < -0.4 is 20.7 Å². The van der Waals surface area contributed by atoms with Crippen LogP contribution in [-0.2, 0) is 11.4 Å². The van der Waals surface area contributed by atoms with Crippen LogP contribution in [0.25, 0.3) is 11.1 Å². The van der Waals surface area contributed by atoms with E-state index in [1.807, 2.05) is 30.3 Å². The summed E-state index contributed by atoms with van der Waals surface area (Å²) in [5.74, 6) is 0.492. The zero-order valence-corrected chi connectivity index (χ0v) is 18.7. The molecule has 0 spiro atoms. The van der Waals surface area contributed by atoms with Crippen LogP contribution in [0.5, 0.6) is 5.88 Å². The second-order valence-corrected chi connectivity index (χ2v) is 8.02. The van der Waals surface area contributed by atoms with E-state index < -0.39 is 0 Å². The van der Waals surface area contributed by atoms with Crippen molar-refractivity contribution in [3.8, 4) is 17.0 Å². The molecule has 2 aromatic carbocycles. The Morgan fingerprint density at radius 2 is 1.73 bits per heavy atom. The van der Waals surface area contributed by atoms with Crippen molar-refractivity contribution in [1.29, 1.82) is 5.41 Å². The van der Waals surface area contributed by atoms with Crippen LogP contribution in [0.2, 0.25) is 0 Å². The number of nitrogens with one attached hydrogen (secondary N) is 4. The number of amides is 1. The van der Waals surface area contributed by atoms with E-state index >= 15 is 0 Å². The molecule has 1 aliphatic heterocycles. The van der Waals surface area contributed by atoms with Crippen molar-refractivity contribution in [2.24, 2.45) is 0 Å². The van der Waals surface area contributed by atoms with E-state index in [4.69, 9.17) is 10.1 Å². The number of carbonyl (C=O) groups is 1. The number of rotatable bonds is 8. The van der Waals surface area contributed by atoms with Crippen molar-refractivity contribution in [3.05, 3.63) is 77.9 Å². The minimum Gasteiger partial charge on any atom is -0.473 e. The van der Waals surface area contributed by atoms with E-state index in [2.05, 4.69) is 45.2 Å². The summed E-state index contributed by atoms with van der Waals surface area (Å²) in [5.41, 5.74) is 3.70. The number of piperidine rings is 1. The van der Waals surface area contributed by atoms with E-state index in [-0.39, 0.29) is 17.7 Å². The maximum Gasteiger partial charge on any atom is 0.270 e. The largest absolute Gasteiger partial charge is 0.473 e. The molecule has 1 fully saturated rings. The van der Waals surface area contributed by atoms with Gasteiger partial charge in [-0.3, -0.25) is 10.2 Å². The summed E-state index contributed by atoms with van der Waals surface area (Å²) in [6, 6.07) is 22.0. The molecule has 33 heavy (non-hydrogen) atoms. The lowest BCUT2D eigenvalue weighted by Gasteiger charge is -2.24. The van der Waals surface area contributed by atoms with E-state index in [9.17, 15) is 4.79 Å². The van der Waals surface area contributed by atoms with Crippen LogP contribution in [0.4, 0.5) is 5.82 Å². The molecule has 7 heteroatoms. The predicted molar refractivity (Wildman–Crippen MR) is 131 cm³/mol. The Labute approximate surface area is 194 Å². The molecule has 0 aliphatic carbocycles. The number of benzene rings is 2. The molecular formula is C26H29N5O2. The van der Waals surface area contributed by atoms with Crippen LogP contribution >= 0.6 is 0 Å². The minimum atomic E-state index is -0.382. The number of anilines is 1. The van der Waals surface area contributed by atoms with Gasteiger partial charge in [-0.1, -0.05) is 54.6 Å². The highest BCUT2D eigenvalue weighted by Gasteiger charge is 2.21. The van der Waals surface area contributed by atoms with Gasteiger partial charge in [-0.15, -0.1) is 0 Å². The van der Waals surface area contributed by atoms with Crippen molar-refractivity contribution in [2.45, 2.75) is 25.5 Å². The molecule has 0 atom stereocenters. The van der Waals surface area contributed by atoms with Gasteiger partial charge < -0.3 is 20.7 Å². The molecule has 1 aliphatic rings. The number of carbonyl (C=O) groups excluding carboxylic acids is 1. The summed E-state index contributed by atoms with van der Waals surface area (Å²) in [5, 5.41) is 17.5. The van der Waals surface area contributed by atoms with E-state index in [1.54, 1.807) is 19.2 Å². The highest BCUT2D eigenvalue weighted by molar-refractivity contribution is 6.45. The lowest BCUT2D eigenvalue weighted by molar-refractivity contribution is -0.115. The molecule has 0 unspecified atom stereocenters. The normalized spacial score (nSPS) is 13.8. The lowest BCUT2D eigenvalue weighted by atomic mass is 10.0. The minimum absolute atomic E-state index is 0.0981. The third-order valence-electron chi connectivity index (χ3n) is 5.73. The molecule has 2 heterocycles. The first-order chi connectivity index (χ1) is 16.1. The Hall–Kier alpha value is -3.71. The number of hydrogen-bond donors (Lipinski definition) is 4. The van der Waals surface area contributed by atoms with Crippen molar-refractivity contribution in [2.75, 3.05) is 25.5 Å². The quantitative estimate of drug-likeness (QED) is 0.399. The highest BCUT2D eigenvalue weighted by Crippen LogP contribution is 2.22. The van der Waals surface area contributed by atoms with Gasteiger partial charge in [0.05, 0.1) is 0 Å². The first-order valence-electron chi connectivity index (χ1n) is 11.2. The maximum absolute atomic E-state index is 12.6. The van der Waals surface area contributed by atoms with Gasteiger partial charge in [0.1, 0.15) is 18.1 Å². The summed E-state index contributed by atoms with van der Waals surface area (Å²) in [4.78, 5) is 17.0. The van der Waals surface area contributed by atoms with Gasteiger partial charge in [0.2, 0.25) is 5.88 Å². The standard InChI is InChI=1S/C26H29N5O2/c1-28-25-22(24(27)26(32)30-21-13-15-29-16-14-21)11-12-23(31-25)33-17-18-7-9-20(10-8-18)19-5-3-2-4-6-19/h2-12,21,27,29H,13-17H2,1H3,(H,28,31)(H,30,32). The third-order valence-corrected chi connectivity index (χ3v) is 5.73. The van der Waals surface area contributed by atoms with Gasteiger partial charge in [-0.2, -0.15) is 4.98 Å². The summed E-state index contributed by atoms with van der Waals surface area (Å²) in [6.07, 6.45) is 1.74. The Bertz CT molecular complexity index is 1090. The Morgan fingerprint density at radius 1 is 1.03 bits per heavy atom. The van der Waals surface area contributed by atoms with Crippen LogP contribution in [0.15, 0.2) is 66.7 Å². The number of ether oxygens (including phenoxy) is 1. The molecule has 0 radical (unpaired) electrons. The summed E-state index contributed by atoms with van der Waals surface area (Å²) < 4.78 is 5.87. The highest BCUT2D eigenvalue weighted by atomic mass is 16.5. The summed E-state index contributed by atoms with van der Waals surface area (Å²) >= 11 is 0. The van der Waals surface area contributed by atoms with Gasteiger partial charge in [0, 0.05) is 24.7 Å². The van der Waals surface area contributed by atoms with E-state index in [0.29, 0.717) is 23.9 Å². The molecule has 7 nitrogen and oxygen atoms in total. The molecule has 4 N–H and O–H groups in total. The number of aromatic nitrogens is 1. The molecule has 1 aromatic heterocycles. The second kappa shape index (κ2) is 10.7. The predicted octanol–water partition coefficient (Wildman–Crippen LogP) is 3.61. The van der Waals surface area contributed by atoms with Crippen molar-refractivity contribution < 1.29 is 9.53 Å². The van der Waals surface area contributed by atoms with Gasteiger partial charge >= 0.3 is 0 Å². The summed E-state index contributed by atoms with van der Waals surface area (Å²) in [6.45, 7) is 2.13. The molecule has 4 rings (SSSR count). The molecule has 1 saturated heterocycles. The molecule has 1 amide bonds. The second-order valence-electron chi connectivity index (χ2n) is 8.02. The number of pyridine rings is 1. The molecule has 0 bridgehead atoms. The fourth-order valence-corrected chi connectivity index (χ4v) is 3.84. The third kappa shape index (κ3) is 5.75. The monoisotopic (exact) mass is 443 g/mol. The zero-order chi connectivity index (χ0) is 23.0. The van der Waals surface area contributed by atoms with Gasteiger partial charge in [0.25, 0.3) is 5.91 Å². The number of nitrogens with zero attached hydrogens (tertiary/aromatic N) is 1. The smallest absolute Gasteiger partial charge is 0.270 e.